The molecule has 0 saturated carbocycles. The zero-order valence-corrected chi connectivity index (χ0v) is 15.2. The van der Waals surface area contributed by atoms with Crippen molar-refractivity contribution in [3.63, 3.8) is 0 Å². The van der Waals surface area contributed by atoms with Crippen molar-refractivity contribution in [1.29, 1.82) is 0 Å². The van der Waals surface area contributed by atoms with Crippen LogP contribution < -0.4 is 19.5 Å². The molecule has 0 fully saturated rings. The highest BCUT2D eigenvalue weighted by atomic mass is 79.9. The molecule has 0 amide bonds. The van der Waals surface area contributed by atoms with Crippen molar-refractivity contribution in [3.8, 4) is 17.2 Å². The predicted octanol–water partition coefficient (Wildman–Crippen LogP) is 4.01. The average Bonchev–Trinajstić information content (AvgIpc) is 3.03. The second kappa shape index (κ2) is 6.65. The predicted molar refractivity (Wildman–Crippen MR) is 96.0 cm³/mol. The van der Waals surface area contributed by atoms with Gasteiger partial charge in [0.1, 0.15) is 13.2 Å². The van der Waals surface area contributed by atoms with Crippen LogP contribution in [0.2, 0.25) is 0 Å². The molecule has 2 aromatic carbocycles. The maximum Gasteiger partial charge on any atom is 0.203 e. The van der Waals surface area contributed by atoms with Crippen LogP contribution in [0, 0.1) is 0 Å². The number of fused-ring (bicyclic) bond motifs is 2. The zero-order valence-electron chi connectivity index (χ0n) is 13.6. The Morgan fingerprint density at radius 3 is 3.00 bits per heavy atom. The molecule has 0 saturated heterocycles. The van der Waals surface area contributed by atoms with Crippen molar-refractivity contribution in [2.24, 2.45) is 0 Å². The van der Waals surface area contributed by atoms with Crippen LogP contribution in [0.4, 0.5) is 0 Å². The van der Waals surface area contributed by atoms with E-state index in [-0.39, 0.29) is 0 Å². The molecule has 1 aliphatic heterocycles. The Hall–Kier alpha value is -1.72. The minimum absolute atomic E-state index is 0.386. The van der Waals surface area contributed by atoms with Crippen LogP contribution in [0.25, 0.3) is 0 Å². The highest BCUT2D eigenvalue weighted by Crippen LogP contribution is 2.41. The summed E-state index contributed by atoms with van der Waals surface area (Å²) in [5.74, 6) is 2.22. The number of benzene rings is 2. The minimum atomic E-state index is 0.386. The normalized spacial score (nSPS) is 18.3. The lowest BCUT2D eigenvalue weighted by Gasteiger charge is -2.22. The monoisotopic (exact) mass is 389 g/mol. The van der Waals surface area contributed by atoms with E-state index in [1.165, 1.54) is 15.6 Å². The third kappa shape index (κ3) is 2.87. The van der Waals surface area contributed by atoms with Crippen molar-refractivity contribution >= 4 is 15.9 Å². The maximum atomic E-state index is 5.71. The molecule has 0 spiro atoms. The van der Waals surface area contributed by atoms with Crippen molar-refractivity contribution in [2.75, 3.05) is 20.3 Å². The van der Waals surface area contributed by atoms with E-state index >= 15 is 0 Å². The Labute approximate surface area is 150 Å². The van der Waals surface area contributed by atoms with E-state index in [9.17, 15) is 0 Å². The molecular weight excluding hydrogens is 370 g/mol. The minimum Gasteiger partial charge on any atom is -0.493 e. The largest absolute Gasteiger partial charge is 0.493 e. The van der Waals surface area contributed by atoms with E-state index in [0.717, 1.165) is 36.4 Å². The number of rotatable bonds is 4. The fraction of sp³-hybridized carbons (Fsp3) is 0.368. The quantitative estimate of drug-likeness (QED) is 0.857. The molecule has 4 rings (SSSR count). The number of halogens is 1. The van der Waals surface area contributed by atoms with Crippen LogP contribution in [0.5, 0.6) is 17.2 Å². The first kappa shape index (κ1) is 15.8. The van der Waals surface area contributed by atoms with Crippen molar-refractivity contribution in [3.05, 3.63) is 51.5 Å². The number of hydrogen-bond donors (Lipinski definition) is 1. The smallest absolute Gasteiger partial charge is 0.203 e. The van der Waals surface area contributed by atoms with Crippen LogP contribution in [0.3, 0.4) is 0 Å². The van der Waals surface area contributed by atoms with Gasteiger partial charge < -0.3 is 19.5 Å². The van der Waals surface area contributed by atoms with Crippen LogP contribution in [-0.2, 0) is 13.0 Å². The first-order chi connectivity index (χ1) is 11.8. The molecule has 0 bridgehead atoms. The Kier molecular flexibility index (Phi) is 4.37. The molecule has 1 N–H and O–H groups in total. The summed E-state index contributed by atoms with van der Waals surface area (Å²) in [7, 11) is 1.66. The topological polar surface area (TPSA) is 39.7 Å². The Morgan fingerprint density at radius 2 is 2.12 bits per heavy atom. The summed E-state index contributed by atoms with van der Waals surface area (Å²) in [4.78, 5) is 0. The molecule has 1 heterocycles. The third-order valence-corrected chi connectivity index (χ3v) is 5.40. The third-order valence-electron chi connectivity index (χ3n) is 4.65. The number of ether oxygens (including phenoxy) is 3. The summed E-state index contributed by atoms with van der Waals surface area (Å²) in [6.07, 6.45) is 2.23. The molecule has 5 heteroatoms. The lowest BCUT2D eigenvalue weighted by Crippen LogP contribution is -2.20. The van der Waals surface area contributed by atoms with Gasteiger partial charge in [-0.05, 0) is 47.7 Å². The first-order valence-corrected chi connectivity index (χ1v) is 9.02. The van der Waals surface area contributed by atoms with Crippen molar-refractivity contribution in [1.82, 2.24) is 5.32 Å². The molecule has 0 radical (unpaired) electrons. The van der Waals surface area contributed by atoms with Gasteiger partial charge in [0.05, 0.1) is 7.11 Å². The standard InChI is InChI=1S/C19H20BrNO3/c1-22-17-9-12(10-18-19(17)24-8-7-23-18)11-21-16-6-5-13-14(16)3-2-4-15(13)20/h2-4,9-10,16,21H,5-8,11H2,1H3. The number of nitrogens with one attached hydrogen (secondary N) is 1. The SMILES string of the molecule is COc1cc(CNC2CCc3c(Br)cccc32)cc2c1OCCO2. The van der Waals surface area contributed by atoms with Gasteiger partial charge in [0.25, 0.3) is 0 Å². The van der Waals surface area contributed by atoms with E-state index < -0.39 is 0 Å². The van der Waals surface area contributed by atoms with Crippen LogP contribution in [0.1, 0.15) is 29.2 Å². The molecule has 4 nitrogen and oxygen atoms in total. The van der Waals surface area contributed by atoms with Gasteiger partial charge in [-0.25, -0.2) is 0 Å². The van der Waals surface area contributed by atoms with Gasteiger partial charge in [-0.3, -0.25) is 0 Å². The summed E-state index contributed by atoms with van der Waals surface area (Å²) in [6, 6.07) is 10.9. The zero-order chi connectivity index (χ0) is 16.5. The van der Waals surface area contributed by atoms with Gasteiger partial charge in [0.2, 0.25) is 5.75 Å². The summed E-state index contributed by atoms with van der Waals surface area (Å²) in [5, 5.41) is 3.67. The highest BCUT2D eigenvalue weighted by Gasteiger charge is 2.24. The molecule has 2 aliphatic rings. The molecule has 1 aliphatic carbocycles. The van der Waals surface area contributed by atoms with E-state index in [0.29, 0.717) is 25.0 Å². The van der Waals surface area contributed by atoms with E-state index in [1.54, 1.807) is 7.11 Å². The summed E-state index contributed by atoms with van der Waals surface area (Å²) in [6.45, 7) is 1.91. The fourth-order valence-electron chi connectivity index (χ4n) is 3.49. The van der Waals surface area contributed by atoms with Crippen molar-refractivity contribution in [2.45, 2.75) is 25.4 Å². The summed E-state index contributed by atoms with van der Waals surface area (Å²) >= 11 is 3.66. The molecule has 2 aromatic rings. The van der Waals surface area contributed by atoms with Crippen LogP contribution >= 0.6 is 15.9 Å². The van der Waals surface area contributed by atoms with Gasteiger partial charge in [-0.15, -0.1) is 0 Å². The molecule has 126 valence electrons. The number of hydrogen-bond acceptors (Lipinski definition) is 4. The van der Waals surface area contributed by atoms with Gasteiger partial charge >= 0.3 is 0 Å². The lowest BCUT2D eigenvalue weighted by molar-refractivity contribution is 0.165. The van der Waals surface area contributed by atoms with Gasteiger partial charge in [0, 0.05) is 17.1 Å². The Bertz CT molecular complexity index is 745. The molecular formula is C19H20BrNO3. The van der Waals surface area contributed by atoms with Gasteiger partial charge in [0.15, 0.2) is 11.5 Å². The van der Waals surface area contributed by atoms with Gasteiger partial charge in [-0.1, -0.05) is 28.1 Å². The Balaban J connectivity index is 1.52. The first-order valence-electron chi connectivity index (χ1n) is 8.23. The fourth-order valence-corrected chi connectivity index (χ4v) is 4.07. The van der Waals surface area contributed by atoms with E-state index in [4.69, 9.17) is 14.2 Å². The maximum absolute atomic E-state index is 5.71. The van der Waals surface area contributed by atoms with E-state index in [2.05, 4.69) is 39.4 Å². The molecule has 0 aromatic heterocycles. The Morgan fingerprint density at radius 1 is 1.25 bits per heavy atom. The summed E-state index contributed by atoms with van der Waals surface area (Å²) < 4.78 is 18.0. The molecule has 24 heavy (non-hydrogen) atoms. The van der Waals surface area contributed by atoms with Crippen LogP contribution in [-0.4, -0.2) is 20.3 Å². The van der Waals surface area contributed by atoms with Crippen molar-refractivity contribution < 1.29 is 14.2 Å². The van der Waals surface area contributed by atoms with E-state index in [1.807, 2.05) is 12.1 Å². The molecule has 1 unspecified atom stereocenters. The highest BCUT2D eigenvalue weighted by molar-refractivity contribution is 9.10. The van der Waals surface area contributed by atoms with Crippen LogP contribution in [0.15, 0.2) is 34.8 Å². The second-order valence-corrected chi connectivity index (χ2v) is 6.96. The average molecular weight is 390 g/mol. The lowest BCUT2D eigenvalue weighted by atomic mass is 10.1. The number of methoxy groups -OCH3 is 1. The second-order valence-electron chi connectivity index (χ2n) is 6.10. The summed E-state index contributed by atoms with van der Waals surface area (Å²) in [5.41, 5.74) is 3.96. The molecule has 1 atom stereocenters. The van der Waals surface area contributed by atoms with Gasteiger partial charge in [-0.2, -0.15) is 0 Å².